The molecule has 1 rings (SSSR count). The van der Waals surface area contributed by atoms with E-state index in [-0.39, 0.29) is 5.82 Å². The van der Waals surface area contributed by atoms with E-state index < -0.39 is 0 Å². The smallest absolute Gasteiger partial charge is 0.139 e. The van der Waals surface area contributed by atoms with Gasteiger partial charge in [-0.1, -0.05) is 0 Å². The van der Waals surface area contributed by atoms with Crippen molar-refractivity contribution < 1.29 is 13.9 Å². The lowest BCUT2D eigenvalue weighted by molar-refractivity contribution is 0.0705. The number of nitrogens with two attached hydrogens (primary N) is 1. The number of anilines is 2. The molecule has 0 radical (unpaired) electrons. The van der Waals surface area contributed by atoms with Crippen LogP contribution in [0.5, 0.6) is 0 Å². The number of halogens is 2. The van der Waals surface area contributed by atoms with Gasteiger partial charge in [-0.3, -0.25) is 0 Å². The Kier molecular flexibility index (Phi) is 7.00. The van der Waals surface area contributed by atoms with Crippen LogP contribution >= 0.6 is 15.9 Å². The molecule has 1 aromatic rings. The van der Waals surface area contributed by atoms with Gasteiger partial charge in [-0.15, -0.1) is 0 Å². The van der Waals surface area contributed by atoms with Crippen molar-refractivity contribution in [3.8, 4) is 0 Å². The first-order chi connectivity index (χ1) is 8.65. The molecule has 0 aliphatic carbocycles. The minimum Gasteiger partial charge on any atom is -0.397 e. The van der Waals surface area contributed by atoms with Gasteiger partial charge >= 0.3 is 0 Å². The topological polar surface area (TPSA) is 56.5 Å². The van der Waals surface area contributed by atoms with Crippen molar-refractivity contribution in [1.82, 2.24) is 0 Å². The average Bonchev–Trinajstić information content (AvgIpc) is 2.34. The molecule has 4 nitrogen and oxygen atoms in total. The van der Waals surface area contributed by atoms with Crippen LogP contribution in [0.3, 0.4) is 0 Å². The predicted octanol–water partition coefficient (Wildman–Crippen LogP) is 2.64. The third-order valence-electron chi connectivity index (χ3n) is 2.31. The van der Waals surface area contributed by atoms with Gasteiger partial charge in [-0.25, -0.2) is 4.39 Å². The molecule has 0 aliphatic heterocycles. The Morgan fingerprint density at radius 1 is 1.33 bits per heavy atom. The highest BCUT2D eigenvalue weighted by atomic mass is 79.9. The lowest BCUT2D eigenvalue weighted by Crippen LogP contribution is -2.09. The zero-order valence-electron chi connectivity index (χ0n) is 10.3. The summed E-state index contributed by atoms with van der Waals surface area (Å²) in [6.45, 7) is 2.50. The van der Waals surface area contributed by atoms with Gasteiger partial charge in [-0.05, 0) is 28.4 Å². The third kappa shape index (κ3) is 5.20. The number of methoxy groups -OCH3 is 1. The Hall–Kier alpha value is -0.850. The molecule has 3 N–H and O–H groups in total. The summed E-state index contributed by atoms with van der Waals surface area (Å²) in [5, 5.41) is 3.07. The van der Waals surface area contributed by atoms with Gasteiger partial charge in [0.15, 0.2) is 0 Å². The zero-order chi connectivity index (χ0) is 13.4. The van der Waals surface area contributed by atoms with Crippen LogP contribution in [0.2, 0.25) is 0 Å². The zero-order valence-corrected chi connectivity index (χ0v) is 11.9. The van der Waals surface area contributed by atoms with E-state index in [2.05, 4.69) is 21.2 Å². The van der Waals surface area contributed by atoms with Crippen LogP contribution in [0.4, 0.5) is 15.8 Å². The van der Waals surface area contributed by atoms with Crippen LogP contribution < -0.4 is 11.1 Å². The van der Waals surface area contributed by atoms with Crippen LogP contribution in [-0.2, 0) is 9.47 Å². The van der Waals surface area contributed by atoms with Gasteiger partial charge in [0.2, 0.25) is 0 Å². The van der Waals surface area contributed by atoms with Crippen molar-refractivity contribution in [1.29, 1.82) is 0 Å². The van der Waals surface area contributed by atoms with Crippen LogP contribution in [0.1, 0.15) is 6.42 Å². The molecule has 0 amide bonds. The maximum atomic E-state index is 13.3. The standard InChI is InChI=1S/C12H18BrFN2O2/c1-17-5-6-18-4-2-3-16-12-8-10(14)9(13)7-11(12)15/h7-8,16H,2-6,15H2,1H3. The van der Waals surface area contributed by atoms with Gasteiger partial charge in [0.05, 0.1) is 29.1 Å². The molecule has 0 aliphatic rings. The Morgan fingerprint density at radius 2 is 2.11 bits per heavy atom. The summed E-state index contributed by atoms with van der Waals surface area (Å²) in [5.41, 5.74) is 6.89. The van der Waals surface area contributed by atoms with E-state index in [4.69, 9.17) is 15.2 Å². The fraction of sp³-hybridized carbons (Fsp3) is 0.500. The highest BCUT2D eigenvalue weighted by Crippen LogP contribution is 2.26. The van der Waals surface area contributed by atoms with Crippen molar-refractivity contribution in [2.45, 2.75) is 6.42 Å². The van der Waals surface area contributed by atoms with Crippen molar-refractivity contribution in [3.63, 3.8) is 0 Å². The van der Waals surface area contributed by atoms with Crippen LogP contribution in [-0.4, -0.2) is 33.5 Å². The molecule has 1 aromatic carbocycles. The molecule has 0 atom stereocenters. The van der Waals surface area contributed by atoms with Crippen molar-refractivity contribution in [2.75, 3.05) is 44.5 Å². The third-order valence-corrected chi connectivity index (χ3v) is 2.91. The van der Waals surface area contributed by atoms with E-state index in [1.807, 2.05) is 0 Å². The second-order valence-corrected chi connectivity index (χ2v) is 4.59. The molecule has 0 fully saturated rings. The number of nitrogen functional groups attached to an aromatic ring is 1. The van der Waals surface area contributed by atoms with Gasteiger partial charge < -0.3 is 20.5 Å². The van der Waals surface area contributed by atoms with Crippen molar-refractivity contribution in [3.05, 3.63) is 22.4 Å². The molecule has 0 aromatic heterocycles. The summed E-state index contributed by atoms with van der Waals surface area (Å²) in [5.74, 6) is -0.331. The maximum absolute atomic E-state index is 13.3. The van der Waals surface area contributed by atoms with Gasteiger partial charge in [0.1, 0.15) is 5.82 Å². The van der Waals surface area contributed by atoms with Crippen LogP contribution in [0, 0.1) is 5.82 Å². The van der Waals surface area contributed by atoms with E-state index in [1.54, 1.807) is 13.2 Å². The van der Waals surface area contributed by atoms with Gasteiger partial charge in [0.25, 0.3) is 0 Å². The summed E-state index contributed by atoms with van der Waals surface area (Å²) >= 11 is 3.08. The van der Waals surface area contributed by atoms with E-state index in [1.165, 1.54) is 6.07 Å². The first-order valence-corrected chi connectivity index (χ1v) is 6.49. The summed E-state index contributed by atoms with van der Waals surface area (Å²) < 4.78 is 23.8. The predicted molar refractivity (Wildman–Crippen MR) is 74.3 cm³/mol. The van der Waals surface area contributed by atoms with Crippen molar-refractivity contribution in [2.24, 2.45) is 0 Å². The summed E-state index contributed by atoms with van der Waals surface area (Å²) in [7, 11) is 1.63. The first-order valence-electron chi connectivity index (χ1n) is 5.70. The summed E-state index contributed by atoms with van der Waals surface area (Å²) in [6.07, 6.45) is 0.820. The number of rotatable bonds is 8. The Morgan fingerprint density at radius 3 is 2.83 bits per heavy atom. The molecule has 18 heavy (non-hydrogen) atoms. The molecule has 0 saturated heterocycles. The SMILES string of the molecule is COCCOCCCNc1cc(F)c(Br)cc1N. The monoisotopic (exact) mass is 320 g/mol. The van der Waals surface area contributed by atoms with E-state index in [0.29, 0.717) is 42.2 Å². The number of nitrogens with one attached hydrogen (secondary N) is 1. The second-order valence-electron chi connectivity index (χ2n) is 3.74. The second kappa shape index (κ2) is 8.29. The van der Waals surface area contributed by atoms with Crippen molar-refractivity contribution >= 4 is 27.3 Å². The molecule has 0 unspecified atom stereocenters. The Bertz CT molecular complexity index is 377. The van der Waals surface area contributed by atoms with E-state index in [9.17, 15) is 4.39 Å². The van der Waals surface area contributed by atoms with Gasteiger partial charge in [0, 0.05) is 26.3 Å². The maximum Gasteiger partial charge on any atom is 0.139 e. The Labute approximate surface area is 115 Å². The highest BCUT2D eigenvalue weighted by Gasteiger charge is 2.05. The number of hydrogen-bond donors (Lipinski definition) is 2. The molecule has 0 spiro atoms. The minimum absolute atomic E-state index is 0.331. The number of benzene rings is 1. The fourth-order valence-electron chi connectivity index (χ4n) is 1.36. The normalized spacial score (nSPS) is 10.6. The summed E-state index contributed by atoms with van der Waals surface area (Å²) in [4.78, 5) is 0. The first kappa shape index (κ1) is 15.2. The molecule has 6 heteroatoms. The largest absolute Gasteiger partial charge is 0.397 e. The lowest BCUT2D eigenvalue weighted by atomic mass is 10.2. The average molecular weight is 321 g/mol. The van der Waals surface area contributed by atoms with Crippen LogP contribution in [0.25, 0.3) is 0 Å². The lowest BCUT2D eigenvalue weighted by Gasteiger charge is -2.10. The van der Waals surface area contributed by atoms with E-state index in [0.717, 1.165) is 6.42 Å². The van der Waals surface area contributed by atoms with Crippen LogP contribution in [0.15, 0.2) is 16.6 Å². The minimum atomic E-state index is -0.331. The quantitative estimate of drug-likeness (QED) is 0.571. The number of ether oxygens (including phenoxy) is 2. The molecule has 0 heterocycles. The summed E-state index contributed by atoms with van der Waals surface area (Å²) in [6, 6.07) is 2.93. The molecule has 0 bridgehead atoms. The molecule has 102 valence electrons. The molecule has 0 saturated carbocycles. The molecular weight excluding hydrogens is 303 g/mol. The van der Waals surface area contributed by atoms with Gasteiger partial charge in [-0.2, -0.15) is 0 Å². The molecular formula is C12H18BrFN2O2. The Balaban J connectivity index is 2.25. The highest BCUT2D eigenvalue weighted by molar-refractivity contribution is 9.10. The fourth-order valence-corrected chi connectivity index (χ4v) is 1.72. The van der Waals surface area contributed by atoms with E-state index >= 15 is 0 Å². The number of hydrogen-bond acceptors (Lipinski definition) is 4.